The summed E-state index contributed by atoms with van der Waals surface area (Å²) in [6, 6.07) is 0.600. The molecule has 0 spiro atoms. The molecule has 0 aliphatic heterocycles. The van der Waals surface area contributed by atoms with Crippen molar-refractivity contribution in [2.45, 2.75) is 63.8 Å². The smallest absolute Gasteiger partial charge is 0.312 e. The average Bonchev–Trinajstić information content (AvgIpc) is 3.00. The Morgan fingerprint density at radius 2 is 2.10 bits per heavy atom. The van der Waals surface area contributed by atoms with Gasteiger partial charge in [-0.1, -0.05) is 19.3 Å². The quantitative estimate of drug-likeness (QED) is 0.924. The van der Waals surface area contributed by atoms with Crippen LogP contribution in [0.1, 0.15) is 61.9 Å². The second kappa shape index (κ2) is 5.72. The maximum absolute atomic E-state index is 11.3. The normalized spacial score (nSPS) is 22.8. The van der Waals surface area contributed by atoms with E-state index in [-0.39, 0.29) is 5.92 Å². The number of rotatable bonds is 4. The zero-order valence-corrected chi connectivity index (χ0v) is 12.8. The molecule has 0 saturated heterocycles. The fourth-order valence-corrected chi connectivity index (χ4v) is 4.79. The molecule has 2 aliphatic rings. The molecule has 1 unspecified atom stereocenters. The molecule has 0 bridgehead atoms. The van der Waals surface area contributed by atoms with Crippen molar-refractivity contribution in [2.24, 2.45) is 0 Å². The predicted molar refractivity (Wildman–Crippen MR) is 80.7 cm³/mol. The summed E-state index contributed by atoms with van der Waals surface area (Å²) in [5.74, 6) is -1.10. The van der Waals surface area contributed by atoms with Gasteiger partial charge in [0.25, 0.3) is 0 Å². The van der Waals surface area contributed by atoms with E-state index in [1.807, 2.05) is 0 Å². The van der Waals surface area contributed by atoms with Crippen LogP contribution in [-0.2, 0) is 11.2 Å². The van der Waals surface area contributed by atoms with Gasteiger partial charge in [0.05, 0.1) is 5.69 Å². The van der Waals surface area contributed by atoms with E-state index in [1.165, 1.54) is 37.0 Å². The highest BCUT2D eigenvalue weighted by molar-refractivity contribution is 7.15. The van der Waals surface area contributed by atoms with Crippen LogP contribution < -0.4 is 4.90 Å². The highest BCUT2D eigenvalue weighted by Gasteiger charge is 2.34. The molecular weight excluding hydrogens is 272 g/mol. The van der Waals surface area contributed by atoms with Gasteiger partial charge in [0.15, 0.2) is 5.13 Å². The van der Waals surface area contributed by atoms with Crippen LogP contribution in [0.2, 0.25) is 0 Å². The van der Waals surface area contributed by atoms with Crippen molar-refractivity contribution in [3.8, 4) is 0 Å². The first kappa shape index (κ1) is 13.9. The number of carboxylic acid groups (broad SMARTS) is 1. The largest absolute Gasteiger partial charge is 0.481 e. The molecule has 0 amide bonds. The molecule has 1 fully saturated rings. The third-order valence-corrected chi connectivity index (χ3v) is 5.77. The first-order chi connectivity index (χ1) is 9.70. The summed E-state index contributed by atoms with van der Waals surface area (Å²) < 4.78 is 0. The number of aromatic nitrogens is 1. The van der Waals surface area contributed by atoms with E-state index in [1.54, 1.807) is 11.3 Å². The number of aliphatic carboxylic acids is 1. The Hall–Kier alpha value is -1.10. The van der Waals surface area contributed by atoms with Gasteiger partial charge in [-0.2, -0.15) is 0 Å². The van der Waals surface area contributed by atoms with Crippen LogP contribution in [0.5, 0.6) is 0 Å². The van der Waals surface area contributed by atoms with Crippen LogP contribution in [0, 0.1) is 0 Å². The van der Waals surface area contributed by atoms with Crippen LogP contribution in [0.25, 0.3) is 0 Å². The minimum Gasteiger partial charge on any atom is -0.481 e. The third kappa shape index (κ3) is 2.43. The van der Waals surface area contributed by atoms with Crippen LogP contribution in [-0.4, -0.2) is 28.6 Å². The fourth-order valence-electron chi connectivity index (χ4n) is 3.52. The van der Waals surface area contributed by atoms with E-state index in [4.69, 9.17) is 4.98 Å². The van der Waals surface area contributed by atoms with Crippen LogP contribution in [0.3, 0.4) is 0 Å². The highest BCUT2D eigenvalue weighted by atomic mass is 32.1. The average molecular weight is 294 g/mol. The molecule has 110 valence electrons. The van der Waals surface area contributed by atoms with Gasteiger partial charge >= 0.3 is 5.97 Å². The van der Waals surface area contributed by atoms with Crippen molar-refractivity contribution in [1.29, 1.82) is 0 Å². The molecule has 4 nitrogen and oxygen atoms in total. The van der Waals surface area contributed by atoms with Crippen LogP contribution in [0.15, 0.2) is 0 Å². The molecule has 1 atom stereocenters. The SMILES string of the molecule is CCN(c1nc2c(s1)CCC2C(=O)O)C1CCCCC1. The van der Waals surface area contributed by atoms with E-state index in [9.17, 15) is 9.90 Å². The Balaban J connectivity index is 1.83. The van der Waals surface area contributed by atoms with Gasteiger partial charge < -0.3 is 10.0 Å². The van der Waals surface area contributed by atoms with E-state index >= 15 is 0 Å². The maximum Gasteiger partial charge on any atom is 0.312 e. The van der Waals surface area contributed by atoms with Gasteiger partial charge in [0.2, 0.25) is 0 Å². The lowest BCUT2D eigenvalue weighted by atomic mass is 9.94. The molecule has 1 aromatic heterocycles. The summed E-state index contributed by atoms with van der Waals surface area (Å²) in [7, 11) is 0. The molecule has 1 saturated carbocycles. The molecule has 5 heteroatoms. The third-order valence-electron chi connectivity index (χ3n) is 4.61. The van der Waals surface area contributed by atoms with Gasteiger partial charge in [-0.05, 0) is 32.6 Å². The number of anilines is 1. The Labute approximate surface area is 123 Å². The fraction of sp³-hybridized carbons (Fsp3) is 0.733. The topological polar surface area (TPSA) is 53.4 Å². The molecule has 20 heavy (non-hydrogen) atoms. The number of hydrogen-bond acceptors (Lipinski definition) is 4. The van der Waals surface area contributed by atoms with Crippen LogP contribution >= 0.6 is 11.3 Å². The van der Waals surface area contributed by atoms with E-state index < -0.39 is 5.97 Å². The Bertz CT molecular complexity index is 494. The number of fused-ring (bicyclic) bond motifs is 1. The van der Waals surface area contributed by atoms with Gasteiger partial charge in [-0.25, -0.2) is 4.98 Å². The number of carbonyl (C=O) groups is 1. The molecule has 3 rings (SSSR count). The lowest BCUT2D eigenvalue weighted by molar-refractivity contribution is -0.138. The van der Waals surface area contributed by atoms with E-state index in [0.29, 0.717) is 6.04 Å². The lowest BCUT2D eigenvalue weighted by Gasteiger charge is -2.33. The summed E-state index contributed by atoms with van der Waals surface area (Å²) in [6.07, 6.45) is 8.07. The van der Waals surface area contributed by atoms with E-state index in [2.05, 4.69) is 11.8 Å². The first-order valence-electron chi connectivity index (χ1n) is 7.69. The summed E-state index contributed by atoms with van der Waals surface area (Å²) in [5, 5.41) is 10.3. The lowest BCUT2D eigenvalue weighted by Crippen LogP contribution is -2.36. The number of thiazole rings is 1. The molecule has 1 aromatic rings. The van der Waals surface area contributed by atoms with Crippen molar-refractivity contribution in [3.05, 3.63) is 10.6 Å². The predicted octanol–water partition coefficient (Wildman–Crippen LogP) is 3.42. The summed E-state index contributed by atoms with van der Waals surface area (Å²) in [6.45, 7) is 3.14. The number of aryl methyl sites for hydroxylation is 1. The Kier molecular flexibility index (Phi) is 3.96. The van der Waals surface area contributed by atoms with Crippen LogP contribution in [0.4, 0.5) is 5.13 Å². The zero-order valence-electron chi connectivity index (χ0n) is 12.0. The van der Waals surface area contributed by atoms with Gasteiger partial charge in [0, 0.05) is 17.5 Å². The molecule has 1 heterocycles. The molecular formula is C15H22N2O2S. The molecule has 2 aliphatic carbocycles. The molecule has 0 radical (unpaired) electrons. The summed E-state index contributed by atoms with van der Waals surface area (Å²) in [5.41, 5.74) is 0.840. The van der Waals surface area contributed by atoms with Gasteiger partial charge in [-0.15, -0.1) is 11.3 Å². The minimum atomic E-state index is -0.721. The second-order valence-electron chi connectivity index (χ2n) is 5.81. The molecule has 0 aromatic carbocycles. The summed E-state index contributed by atoms with van der Waals surface area (Å²) in [4.78, 5) is 19.6. The number of nitrogens with zero attached hydrogens (tertiary/aromatic N) is 2. The monoisotopic (exact) mass is 294 g/mol. The maximum atomic E-state index is 11.3. The van der Waals surface area contributed by atoms with Crippen molar-refractivity contribution >= 4 is 22.4 Å². The second-order valence-corrected chi connectivity index (χ2v) is 6.87. The van der Waals surface area contributed by atoms with E-state index in [0.717, 1.165) is 30.2 Å². The van der Waals surface area contributed by atoms with Gasteiger partial charge in [0.1, 0.15) is 5.92 Å². The van der Waals surface area contributed by atoms with Crippen molar-refractivity contribution < 1.29 is 9.90 Å². The Morgan fingerprint density at radius 3 is 2.75 bits per heavy atom. The standard InChI is InChI=1S/C15H22N2O2S/c1-2-17(10-6-4-3-5-7-10)15-16-13-11(14(18)19)8-9-12(13)20-15/h10-11H,2-9H2,1H3,(H,18,19). The number of hydrogen-bond donors (Lipinski definition) is 1. The van der Waals surface area contributed by atoms with Crippen molar-refractivity contribution in [3.63, 3.8) is 0 Å². The molecule has 1 N–H and O–H groups in total. The summed E-state index contributed by atoms with van der Waals surface area (Å²) >= 11 is 1.72. The first-order valence-corrected chi connectivity index (χ1v) is 8.51. The Morgan fingerprint density at radius 1 is 1.35 bits per heavy atom. The zero-order chi connectivity index (χ0) is 14.1. The highest BCUT2D eigenvalue weighted by Crippen LogP contribution is 2.40. The van der Waals surface area contributed by atoms with Crippen molar-refractivity contribution in [1.82, 2.24) is 4.98 Å². The van der Waals surface area contributed by atoms with Crippen molar-refractivity contribution in [2.75, 3.05) is 11.4 Å². The minimum absolute atomic E-state index is 0.375. The number of carboxylic acids is 1. The van der Waals surface area contributed by atoms with Gasteiger partial charge in [-0.3, -0.25) is 4.79 Å².